The maximum Gasteiger partial charge on any atom is 0.337 e. The quantitative estimate of drug-likeness (QED) is 0.113. The normalized spacial score (nSPS) is 16.3. The lowest BCUT2D eigenvalue weighted by molar-refractivity contribution is 0.0592. The van der Waals surface area contributed by atoms with Gasteiger partial charge in [0.25, 0.3) is 11.8 Å². The van der Waals surface area contributed by atoms with Gasteiger partial charge in [-0.25, -0.2) is 14.4 Å². The van der Waals surface area contributed by atoms with Gasteiger partial charge in [-0.3, -0.25) is 9.59 Å². The maximum absolute atomic E-state index is 13.2. The summed E-state index contributed by atoms with van der Waals surface area (Å²) in [5.41, 5.74) is 21.6. The number of methoxy groups -OCH3 is 2. The Morgan fingerprint density at radius 3 is 1.15 bits per heavy atom. The summed E-state index contributed by atoms with van der Waals surface area (Å²) in [7, 11) is 2.89. The van der Waals surface area contributed by atoms with Crippen molar-refractivity contribution in [3.05, 3.63) is 178 Å². The predicted molar refractivity (Wildman–Crippen MR) is 415 cm³/mol. The summed E-state index contributed by atoms with van der Waals surface area (Å²) in [5.74, 6) is -0.00914. The number of aromatic carboxylic acids is 1. The van der Waals surface area contributed by atoms with Crippen molar-refractivity contribution in [2.75, 3.05) is 14.2 Å². The molecule has 0 unspecified atom stereocenters. The van der Waals surface area contributed by atoms with Crippen LogP contribution in [0.4, 0.5) is 0 Å². The van der Waals surface area contributed by atoms with Gasteiger partial charge in [0.2, 0.25) is 0 Å². The van der Waals surface area contributed by atoms with Crippen LogP contribution in [0.15, 0.2) is 134 Å². The van der Waals surface area contributed by atoms with Crippen molar-refractivity contribution in [2.24, 2.45) is 0 Å². The number of carbonyl (C=O) groups excluding carboxylic acids is 4. The Labute approximate surface area is 607 Å². The van der Waals surface area contributed by atoms with E-state index >= 15 is 0 Å². The number of rotatable bonds is 10. The highest BCUT2D eigenvalue weighted by Gasteiger charge is 2.35. The Bertz CT molecular complexity index is 5370. The molecule has 536 valence electrons. The topological polar surface area (TPSA) is 178 Å². The van der Waals surface area contributed by atoms with E-state index in [0.717, 1.165) is 121 Å². The number of hydrogen-bond acceptors (Lipinski definition) is 7. The van der Waals surface area contributed by atoms with Crippen LogP contribution >= 0.6 is 0 Å². The molecule has 0 bridgehead atoms. The molecule has 3 saturated carbocycles. The molecule has 12 aromatic rings. The van der Waals surface area contributed by atoms with Crippen LogP contribution < -0.4 is 10.6 Å². The molecule has 16 heteroatoms. The van der Waals surface area contributed by atoms with Gasteiger partial charge in [0.15, 0.2) is 0 Å². The SMILES string of the molecule is CC(C)NC(=O)c1cn2c3c(cccc13)-c1c(C3CCCCC3)c3ccc(C(=O)O)cc3n1CCC2.COC(=O)c1ccc2c(C3CCCCC3)c3n(c2c1)CCCn1cc(C(=O)NC(C)C)c2cccc-3c21.COC(=O)c1ccc2c(C3CCCCC3)c3n(c2c1)CCCn1ccc2cccc-3c21. The summed E-state index contributed by atoms with van der Waals surface area (Å²) in [6, 6.07) is 39.6. The van der Waals surface area contributed by atoms with Crippen LogP contribution in [-0.2, 0) is 48.7 Å². The number of carboxylic acid groups (broad SMARTS) is 1. The van der Waals surface area contributed by atoms with Crippen LogP contribution in [0.1, 0.15) is 230 Å². The minimum Gasteiger partial charge on any atom is -0.478 e. The number of carbonyl (C=O) groups is 5. The molecule has 0 saturated heterocycles. The van der Waals surface area contributed by atoms with E-state index in [1.54, 1.807) is 6.07 Å². The molecule has 16 nitrogen and oxygen atoms in total. The molecule has 2 amide bonds. The van der Waals surface area contributed by atoms with E-state index < -0.39 is 5.97 Å². The van der Waals surface area contributed by atoms with Crippen LogP contribution in [0.5, 0.6) is 0 Å². The summed E-state index contributed by atoms with van der Waals surface area (Å²) in [4.78, 5) is 62.9. The highest BCUT2D eigenvalue weighted by molar-refractivity contribution is 6.13. The Balaban J connectivity index is 0.000000121. The monoisotopic (exact) mass is 1390 g/mol. The number of para-hydroxylation sites is 3. The zero-order chi connectivity index (χ0) is 71.6. The van der Waals surface area contributed by atoms with E-state index in [1.807, 2.05) is 70.4 Å². The lowest BCUT2D eigenvalue weighted by Crippen LogP contribution is -2.29. The Kier molecular flexibility index (Phi) is 18.7. The molecule has 6 aromatic carbocycles. The van der Waals surface area contributed by atoms with E-state index in [9.17, 15) is 29.1 Å². The van der Waals surface area contributed by atoms with Gasteiger partial charge in [0.1, 0.15) is 0 Å². The van der Waals surface area contributed by atoms with Gasteiger partial charge in [0, 0.05) is 136 Å². The maximum atomic E-state index is 13.2. The van der Waals surface area contributed by atoms with Crippen LogP contribution in [0, 0.1) is 0 Å². The Hall–Kier alpha value is -10.1. The zero-order valence-corrected chi connectivity index (χ0v) is 61.0. The fraction of sp³-hybridized carbons (Fsp3) is 0.398. The second-order valence-electron chi connectivity index (χ2n) is 30.7. The first kappa shape index (κ1) is 68.3. The van der Waals surface area contributed by atoms with Crippen molar-refractivity contribution in [1.82, 2.24) is 38.0 Å². The molecule has 6 aromatic heterocycles. The average molecular weight is 1390 g/mol. The highest BCUT2D eigenvalue weighted by atomic mass is 16.5. The van der Waals surface area contributed by atoms with Gasteiger partial charge in [-0.05, 0) is 162 Å². The number of aryl methyl sites for hydroxylation is 6. The molecule has 18 rings (SSSR count). The van der Waals surface area contributed by atoms with Crippen molar-refractivity contribution >= 4 is 95.1 Å². The number of nitrogens with zero attached hydrogens (tertiary/aromatic N) is 6. The highest BCUT2D eigenvalue weighted by Crippen LogP contribution is 2.51. The number of nitrogens with one attached hydrogen (secondary N) is 2. The van der Waals surface area contributed by atoms with E-state index in [-0.39, 0.29) is 35.8 Å². The minimum absolute atomic E-state index is 0.0223. The lowest BCUT2D eigenvalue weighted by atomic mass is 9.81. The van der Waals surface area contributed by atoms with E-state index in [0.29, 0.717) is 34.4 Å². The van der Waals surface area contributed by atoms with Gasteiger partial charge in [0.05, 0.1) is 75.7 Å². The van der Waals surface area contributed by atoms with Gasteiger partial charge >= 0.3 is 17.9 Å². The molecule has 3 aliphatic heterocycles. The molecule has 6 aliphatic rings. The van der Waals surface area contributed by atoms with Crippen LogP contribution in [0.25, 0.3) is 99.2 Å². The van der Waals surface area contributed by atoms with Gasteiger partial charge in [-0.15, -0.1) is 0 Å². The third kappa shape index (κ3) is 12.2. The minimum atomic E-state index is -0.894. The number of carboxylic acids is 1. The molecule has 0 radical (unpaired) electrons. The standard InChI is InChI=1S/C31H35N3O3.C30H33N3O3.C27H28N2O2/c1-19(2)32-30(35)25-18-33-15-8-16-34-26-17-21(31(36)37-3)13-14-23(26)27(20-9-5-4-6-10-20)29(34)24-12-7-11-22(25)28(24)33;1-18(2)31-29(34)24-17-32-14-7-15-33-25-16-20(30(35)36)12-13-22(25)26(19-8-4-3-5-9-19)28(33)23-11-6-10-21(24)27(23)32;1-31-27(30)20-11-12-21-23(17-20)29-15-6-14-28-16-13-19-9-5-10-22(25(19)28)26(29)24(21)18-7-3-2-4-8-18/h7,11-14,17-20H,4-6,8-10,15-16H2,1-3H3,(H,32,35);6,10-13,16-19H,3-5,7-9,14-15H2,1-2H3,(H,31,34)(H,35,36);5,9-13,16-18H,2-4,6-8,14-15H2,1H3. The molecular weight excluding hydrogens is 1300 g/mol. The largest absolute Gasteiger partial charge is 0.478 e. The van der Waals surface area contributed by atoms with Gasteiger partial charge in [-0.1, -0.05) is 131 Å². The van der Waals surface area contributed by atoms with Gasteiger partial charge < -0.3 is 52.6 Å². The molecule has 104 heavy (non-hydrogen) atoms. The van der Waals surface area contributed by atoms with E-state index in [1.165, 1.54) is 175 Å². The predicted octanol–water partition coefficient (Wildman–Crippen LogP) is 19.7. The van der Waals surface area contributed by atoms with Crippen LogP contribution in [0.3, 0.4) is 0 Å². The van der Waals surface area contributed by atoms with Crippen LogP contribution in [-0.4, -0.2) is 88.5 Å². The smallest absolute Gasteiger partial charge is 0.337 e. The second-order valence-corrected chi connectivity index (χ2v) is 30.7. The number of fused-ring (bicyclic) bond motifs is 12. The van der Waals surface area contributed by atoms with Crippen molar-refractivity contribution in [1.29, 1.82) is 0 Å². The fourth-order valence-corrected chi connectivity index (χ4v) is 19.1. The van der Waals surface area contributed by atoms with Gasteiger partial charge in [-0.2, -0.15) is 0 Å². The molecule has 0 atom stereocenters. The zero-order valence-electron chi connectivity index (χ0n) is 61.0. The molecule has 0 spiro atoms. The molecule has 9 heterocycles. The first-order valence-corrected chi connectivity index (χ1v) is 38.5. The average Bonchev–Trinajstić information content (AvgIpc) is 1.58. The summed E-state index contributed by atoms with van der Waals surface area (Å²) in [6.45, 7) is 13.2. The van der Waals surface area contributed by atoms with E-state index in [4.69, 9.17) is 9.47 Å². The Morgan fingerprint density at radius 2 is 0.769 bits per heavy atom. The summed E-state index contributed by atoms with van der Waals surface area (Å²) in [5, 5.41) is 22.9. The van der Waals surface area contributed by atoms with Crippen molar-refractivity contribution in [2.45, 2.75) is 212 Å². The van der Waals surface area contributed by atoms with Crippen molar-refractivity contribution in [3.63, 3.8) is 0 Å². The number of benzene rings is 6. The third-order valence-corrected chi connectivity index (χ3v) is 23.5. The third-order valence-electron chi connectivity index (χ3n) is 23.5. The number of amides is 2. The van der Waals surface area contributed by atoms with E-state index in [2.05, 4.69) is 123 Å². The first-order chi connectivity index (χ1) is 50.7. The van der Waals surface area contributed by atoms with Crippen LogP contribution in [0.2, 0.25) is 0 Å². The molecular formula is C88H96N8O8. The molecule has 3 fully saturated rings. The van der Waals surface area contributed by atoms with Crippen molar-refractivity contribution in [3.8, 4) is 33.8 Å². The number of ether oxygens (including phenoxy) is 2. The summed E-state index contributed by atoms with van der Waals surface area (Å²) in [6.07, 6.45) is 27.9. The number of hydrogen-bond donors (Lipinski definition) is 3. The Morgan fingerprint density at radius 1 is 0.404 bits per heavy atom. The fourth-order valence-electron chi connectivity index (χ4n) is 19.1. The summed E-state index contributed by atoms with van der Waals surface area (Å²) >= 11 is 0. The molecule has 3 N–H and O–H groups in total. The first-order valence-electron chi connectivity index (χ1n) is 38.5. The number of esters is 2. The lowest BCUT2D eigenvalue weighted by Gasteiger charge is -2.25. The molecule has 3 aliphatic carbocycles. The van der Waals surface area contributed by atoms with Crippen molar-refractivity contribution < 1.29 is 38.6 Å². The summed E-state index contributed by atoms with van der Waals surface area (Å²) < 4.78 is 24.3. The number of aromatic nitrogens is 6. The second kappa shape index (κ2) is 28.5.